The van der Waals surface area contributed by atoms with Gasteiger partial charge in [-0.1, -0.05) is 99.9 Å². The number of hydrogen-bond acceptors (Lipinski definition) is 4. The van der Waals surface area contributed by atoms with Crippen molar-refractivity contribution in [3.05, 3.63) is 160 Å². The summed E-state index contributed by atoms with van der Waals surface area (Å²) in [4.78, 5) is 9.78. The quantitative estimate of drug-likeness (QED) is 0.101. The monoisotopic (exact) mass is 836 g/mol. The van der Waals surface area contributed by atoms with Crippen LogP contribution in [0.1, 0.15) is 129 Å². The average molecular weight is 837 g/mol. The summed E-state index contributed by atoms with van der Waals surface area (Å²) < 4.78 is 0. The van der Waals surface area contributed by atoms with Crippen LogP contribution in [0.4, 0.5) is 11.4 Å². The van der Waals surface area contributed by atoms with Crippen LogP contribution in [0.15, 0.2) is 84.9 Å². The minimum absolute atomic E-state index is 0.903. The lowest BCUT2D eigenvalue weighted by atomic mass is 10.0. The molecule has 0 atom stereocenters. The maximum absolute atomic E-state index is 3.53. The van der Waals surface area contributed by atoms with Crippen LogP contribution in [-0.2, 0) is 6.42 Å². The van der Waals surface area contributed by atoms with Gasteiger partial charge < -0.3 is 9.80 Å². The van der Waals surface area contributed by atoms with Gasteiger partial charge in [-0.05, 0) is 176 Å². The predicted octanol–water partition coefficient (Wildman–Crippen LogP) is 15.0. The molecule has 61 heavy (non-hydrogen) atoms. The van der Waals surface area contributed by atoms with Crippen LogP contribution in [-0.4, -0.2) is 26.2 Å². The fourth-order valence-electron chi connectivity index (χ4n) is 8.17. The highest BCUT2D eigenvalue weighted by atomic mass is 32.1. The number of hydrogen-bond donors (Lipinski definition) is 0. The van der Waals surface area contributed by atoms with E-state index in [0.29, 0.717) is 0 Å². The molecule has 0 bridgehead atoms. The Hall–Kier alpha value is -5.52. The van der Waals surface area contributed by atoms with Crippen LogP contribution in [0, 0.1) is 51.4 Å². The topological polar surface area (TPSA) is 6.48 Å². The number of anilines is 2. The summed E-state index contributed by atoms with van der Waals surface area (Å²) in [5.41, 5.74) is 17.6. The van der Waals surface area contributed by atoms with Crippen LogP contribution in [0.25, 0.3) is 35.4 Å². The van der Waals surface area contributed by atoms with Crippen LogP contribution < -0.4 is 9.80 Å². The highest BCUT2D eigenvalue weighted by Gasteiger charge is 2.19. The van der Waals surface area contributed by atoms with Crippen LogP contribution >= 0.6 is 22.7 Å². The molecule has 0 radical (unpaired) electrons. The molecule has 4 aromatic carbocycles. The van der Waals surface area contributed by atoms with Crippen molar-refractivity contribution in [3.8, 4) is 34.8 Å². The Kier molecular flexibility index (Phi) is 14.5. The Morgan fingerprint density at radius 2 is 0.836 bits per heavy atom. The van der Waals surface area contributed by atoms with E-state index in [4.69, 9.17) is 0 Å². The zero-order valence-electron chi connectivity index (χ0n) is 37.5. The molecule has 0 N–H and O–H groups in total. The van der Waals surface area contributed by atoms with Gasteiger partial charge in [0.05, 0.1) is 9.75 Å². The number of fused-ring (bicyclic) bond motifs is 3. The minimum Gasteiger partial charge on any atom is -0.372 e. The Balaban J connectivity index is 1.00. The third-order valence-electron chi connectivity index (χ3n) is 11.8. The molecule has 0 saturated heterocycles. The van der Waals surface area contributed by atoms with Crippen molar-refractivity contribution in [1.82, 2.24) is 0 Å². The van der Waals surface area contributed by atoms with Gasteiger partial charge in [0.25, 0.3) is 0 Å². The predicted molar refractivity (Wildman–Crippen MR) is 271 cm³/mol. The van der Waals surface area contributed by atoms with Gasteiger partial charge in [0.1, 0.15) is 0 Å². The normalized spacial score (nSPS) is 11.7. The summed E-state index contributed by atoms with van der Waals surface area (Å²) in [5.74, 6) is 14.1. The summed E-state index contributed by atoms with van der Waals surface area (Å²) >= 11 is 3.58. The molecule has 1 aliphatic rings. The Morgan fingerprint density at radius 1 is 0.459 bits per heavy atom. The maximum Gasteiger partial charge on any atom is 0.0810 e. The molecular formula is C57H60N2S2. The van der Waals surface area contributed by atoms with Crippen molar-refractivity contribution in [2.45, 2.75) is 87.5 Å². The standard InChI is InChI=1S/C57H60N2S2/c1-9-33-58(34-10-2)50-23-13-44(14-24-50)19-29-54-40(5)42(7)56(60-54)31-21-46-17-27-52-48(37-46)39-49-38-47(18-28-53(49)52)22-32-57-43(8)41(6)55(61-57)30-20-45-15-25-51(26-16-45)59(35-11-3)36-12-4/h13-20,23-30,37-38H,9-12,33-36,39H2,1-8H3/b29-19+,30-20+. The van der Waals surface area contributed by atoms with Gasteiger partial charge in [-0.3, -0.25) is 0 Å². The zero-order chi connectivity index (χ0) is 42.9. The Morgan fingerprint density at radius 3 is 1.20 bits per heavy atom. The smallest absolute Gasteiger partial charge is 0.0810 e. The number of nitrogens with zero attached hydrogens (tertiary/aromatic N) is 2. The van der Waals surface area contributed by atoms with E-state index in [0.717, 1.165) is 79.2 Å². The third-order valence-corrected chi connectivity index (χ3v) is 14.4. The van der Waals surface area contributed by atoms with Gasteiger partial charge in [0.15, 0.2) is 0 Å². The maximum atomic E-state index is 3.53. The van der Waals surface area contributed by atoms with E-state index in [1.54, 1.807) is 22.7 Å². The molecule has 0 fully saturated rings. The second kappa shape index (κ2) is 20.4. The van der Waals surface area contributed by atoms with Crippen LogP contribution in [0.5, 0.6) is 0 Å². The number of thiophene rings is 2. The fourth-order valence-corrected chi connectivity index (χ4v) is 10.3. The molecule has 4 heteroatoms. The van der Waals surface area contributed by atoms with E-state index in [9.17, 15) is 0 Å². The second-order valence-electron chi connectivity index (χ2n) is 16.3. The van der Waals surface area contributed by atoms with Crippen molar-refractivity contribution in [2.24, 2.45) is 0 Å². The van der Waals surface area contributed by atoms with E-state index in [1.165, 1.54) is 76.8 Å². The summed E-state index contributed by atoms with van der Waals surface area (Å²) in [5, 5.41) is 0. The van der Waals surface area contributed by atoms with Gasteiger partial charge in [-0.2, -0.15) is 0 Å². The lowest BCUT2D eigenvalue weighted by molar-refractivity contribution is 0.745. The van der Waals surface area contributed by atoms with E-state index < -0.39 is 0 Å². The van der Waals surface area contributed by atoms with Crippen LogP contribution in [0.3, 0.4) is 0 Å². The van der Waals surface area contributed by atoms with E-state index in [1.807, 2.05) is 0 Å². The molecule has 310 valence electrons. The second-order valence-corrected chi connectivity index (χ2v) is 18.4. The van der Waals surface area contributed by atoms with Crippen LogP contribution in [0.2, 0.25) is 0 Å². The highest BCUT2D eigenvalue weighted by molar-refractivity contribution is 7.14. The number of benzene rings is 4. The summed E-state index contributed by atoms with van der Waals surface area (Å²) in [6.07, 6.45) is 14.5. The molecule has 0 unspecified atom stereocenters. The molecule has 1 aliphatic carbocycles. The SMILES string of the molecule is CCCN(CCC)c1ccc(/C=C/c2sc(C#Cc3ccc4c(c3)Cc3cc(C#Cc5sc(/C=C/c6ccc(N(CCC)CCC)cc6)c(C)c5C)ccc3-4)c(C)c2C)cc1. The first-order valence-electron chi connectivity index (χ1n) is 22.3. The van der Waals surface area contributed by atoms with Crippen molar-refractivity contribution in [1.29, 1.82) is 0 Å². The molecule has 0 aliphatic heterocycles. The molecule has 0 saturated carbocycles. The van der Waals surface area contributed by atoms with E-state index in [2.05, 4.69) is 198 Å². The molecule has 7 rings (SSSR count). The lowest BCUT2D eigenvalue weighted by Crippen LogP contribution is -2.24. The minimum atomic E-state index is 0.903. The first kappa shape index (κ1) is 43.6. The molecule has 2 heterocycles. The average Bonchev–Trinajstić information content (AvgIpc) is 3.88. The first-order chi connectivity index (χ1) is 29.7. The first-order valence-corrected chi connectivity index (χ1v) is 23.9. The van der Waals surface area contributed by atoms with Gasteiger partial charge in [0.2, 0.25) is 0 Å². The Bertz CT molecular complexity index is 2460. The van der Waals surface area contributed by atoms with E-state index in [-0.39, 0.29) is 0 Å². The highest BCUT2D eigenvalue weighted by Crippen LogP contribution is 2.38. The Labute approximate surface area is 374 Å². The zero-order valence-corrected chi connectivity index (χ0v) is 39.1. The van der Waals surface area contributed by atoms with Gasteiger partial charge in [0, 0.05) is 58.4 Å². The largest absolute Gasteiger partial charge is 0.372 e. The fraction of sp³-hybridized carbons (Fsp3) is 0.298. The number of rotatable bonds is 14. The van der Waals surface area contributed by atoms with Gasteiger partial charge >= 0.3 is 0 Å². The van der Waals surface area contributed by atoms with Crippen molar-refractivity contribution in [2.75, 3.05) is 36.0 Å². The molecule has 6 aromatic rings. The molecular weight excluding hydrogens is 777 g/mol. The van der Waals surface area contributed by atoms with Gasteiger partial charge in [-0.25, -0.2) is 0 Å². The molecule has 2 nitrogen and oxygen atoms in total. The van der Waals surface area contributed by atoms with Crippen molar-refractivity contribution in [3.63, 3.8) is 0 Å². The van der Waals surface area contributed by atoms with Crippen molar-refractivity contribution < 1.29 is 0 Å². The van der Waals surface area contributed by atoms with Gasteiger partial charge in [-0.15, -0.1) is 22.7 Å². The molecule has 2 aromatic heterocycles. The van der Waals surface area contributed by atoms with Crippen molar-refractivity contribution >= 4 is 58.4 Å². The molecule has 0 amide bonds. The summed E-state index contributed by atoms with van der Waals surface area (Å²) in [6, 6.07) is 31.4. The summed E-state index contributed by atoms with van der Waals surface area (Å²) in [7, 11) is 0. The lowest BCUT2D eigenvalue weighted by Gasteiger charge is -2.23. The third kappa shape index (κ3) is 10.3. The van der Waals surface area contributed by atoms with E-state index >= 15 is 0 Å². The molecule has 0 spiro atoms. The summed E-state index contributed by atoms with van der Waals surface area (Å²) in [6.45, 7) is 22.2.